The number of Topliss-reactive ketones (excluding diaryl/α,β-unsaturated/α-hetero) is 1. The number of carbonyl (C=O) groups excluding carboxylic acids is 2. The van der Waals surface area contributed by atoms with Crippen LogP contribution in [0.15, 0.2) is 11.4 Å². The first-order valence-electron chi connectivity index (χ1n) is 6.53. The number of carboxylic acids is 1. The molecule has 0 aromatic carbocycles. The molecule has 0 saturated heterocycles. The highest BCUT2D eigenvalue weighted by molar-refractivity contribution is 7.12. The van der Waals surface area contributed by atoms with Crippen LogP contribution < -0.4 is 0 Å². The fourth-order valence-electron chi connectivity index (χ4n) is 1.93. The van der Waals surface area contributed by atoms with Crippen LogP contribution in [0.2, 0.25) is 0 Å². The van der Waals surface area contributed by atoms with E-state index in [2.05, 4.69) is 0 Å². The predicted octanol–water partition coefficient (Wildman–Crippen LogP) is 2.28. The first-order chi connectivity index (χ1) is 9.40. The Labute approximate surface area is 121 Å². The average molecular weight is 295 g/mol. The van der Waals surface area contributed by atoms with Crippen LogP contribution in [0.25, 0.3) is 0 Å². The van der Waals surface area contributed by atoms with Gasteiger partial charge in [-0.05, 0) is 25.8 Å². The summed E-state index contributed by atoms with van der Waals surface area (Å²) in [4.78, 5) is 36.8. The highest BCUT2D eigenvalue weighted by Crippen LogP contribution is 2.30. The van der Waals surface area contributed by atoms with Crippen molar-refractivity contribution in [2.24, 2.45) is 5.92 Å². The standard InChI is InChI=1S/C14H17NO4S/c1-8(14(18)19)6-15(11-3-4-11)13(17)12-5-10(7-20-12)9(2)16/h5,7-8,11H,3-4,6H2,1-2H3,(H,18,19). The number of amides is 1. The van der Waals surface area contributed by atoms with E-state index in [4.69, 9.17) is 5.11 Å². The smallest absolute Gasteiger partial charge is 0.308 e. The van der Waals surface area contributed by atoms with Crippen molar-refractivity contribution in [3.8, 4) is 0 Å². The lowest BCUT2D eigenvalue weighted by molar-refractivity contribution is -0.141. The summed E-state index contributed by atoms with van der Waals surface area (Å²) < 4.78 is 0. The highest BCUT2D eigenvalue weighted by atomic mass is 32.1. The zero-order valence-electron chi connectivity index (χ0n) is 11.5. The molecule has 1 heterocycles. The molecule has 1 fully saturated rings. The van der Waals surface area contributed by atoms with Crippen molar-refractivity contribution >= 4 is 29.0 Å². The first kappa shape index (κ1) is 14.7. The zero-order chi connectivity index (χ0) is 14.9. The van der Waals surface area contributed by atoms with E-state index in [9.17, 15) is 14.4 Å². The van der Waals surface area contributed by atoms with Crippen molar-refractivity contribution in [1.29, 1.82) is 0 Å². The Morgan fingerprint density at radius 1 is 1.45 bits per heavy atom. The number of hydrogen-bond donors (Lipinski definition) is 1. The van der Waals surface area contributed by atoms with Gasteiger partial charge in [0.1, 0.15) is 0 Å². The summed E-state index contributed by atoms with van der Waals surface area (Å²) in [5, 5.41) is 10.7. The lowest BCUT2D eigenvalue weighted by Crippen LogP contribution is -2.38. The molecule has 1 aromatic rings. The predicted molar refractivity (Wildman–Crippen MR) is 75.2 cm³/mol. The Bertz CT molecular complexity index is 547. The van der Waals surface area contributed by atoms with Crippen molar-refractivity contribution in [3.05, 3.63) is 21.9 Å². The summed E-state index contributed by atoms with van der Waals surface area (Å²) in [6.45, 7) is 3.27. The first-order valence-corrected chi connectivity index (χ1v) is 7.41. The van der Waals surface area contributed by atoms with Gasteiger partial charge in [-0.1, -0.05) is 6.92 Å². The lowest BCUT2D eigenvalue weighted by atomic mass is 10.1. The van der Waals surface area contributed by atoms with E-state index in [1.165, 1.54) is 18.3 Å². The summed E-state index contributed by atoms with van der Waals surface area (Å²) in [5.74, 6) is -1.74. The van der Waals surface area contributed by atoms with Gasteiger partial charge in [0.15, 0.2) is 5.78 Å². The second kappa shape index (κ2) is 5.75. The number of aliphatic carboxylic acids is 1. The fourth-order valence-corrected chi connectivity index (χ4v) is 2.83. The molecule has 1 aliphatic carbocycles. The maximum absolute atomic E-state index is 12.5. The van der Waals surface area contributed by atoms with E-state index in [1.54, 1.807) is 23.3 Å². The molecule has 0 radical (unpaired) electrons. The molecular weight excluding hydrogens is 278 g/mol. The number of hydrogen-bond acceptors (Lipinski definition) is 4. The summed E-state index contributed by atoms with van der Waals surface area (Å²) in [7, 11) is 0. The quantitative estimate of drug-likeness (QED) is 0.817. The molecule has 1 atom stereocenters. The maximum atomic E-state index is 12.5. The molecule has 0 bridgehead atoms. The van der Waals surface area contributed by atoms with Crippen LogP contribution in [0.4, 0.5) is 0 Å². The monoisotopic (exact) mass is 295 g/mol. The molecule has 6 heteroatoms. The molecule has 20 heavy (non-hydrogen) atoms. The number of carboxylic acid groups (broad SMARTS) is 1. The Kier molecular flexibility index (Phi) is 4.23. The number of ketones is 1. The molecule has 2 rings (SSSR count). The van der Waals surface area contributed by atoms with Crippen LogP contribution in [0.1, 0.15) is 46.7 Å². The Balaban J connectivity index is 2.14. The summed E-state index contributed by atoms with van der Waals surface area (Å²) in [6.07, 6.45) is 1.84. The fraction of sp³-hybridized carbons (Fsp3) is 0.500. The molecular formula is C14H17NO4S. The van der Waals surface area contributed by atoms with Gasteiger partial charge in [-0.25, -0.2) is 0 Å². The molecule has 1 saturated carbocycles. The van der Waals surface area contributed by atoms with Crippen LogP contribution in [0, 0.1) is 5.92 Å². The maximum Gasteiger partial charge on any atom is 0.308 e. The van der Waals surface area contributed by atoms with E-state index in [0.717, 1.165) is 12.8 Å². The van der Waals surface area contributed by atoms with Crippen LogP contribution in [-0.4, -0.2) is 40.3 Å². The molecule has 1 amide bonds. The van der Waals surface area contributed by atoms with Crippen molar-refractivity contribution in [2.75, 3.05) is 6.54 Å². The van der Waals surface area contributed by atoms with Gasteiger partial charge in [-0.3, -0.25) is 14.4 Å². The van der Waals surface area contributed by atoms with Crippen LogP contribution >= 0.6 is 11.3 Å². The van der Waals surface area contributed by atoms with E-state index in [-0.39, 0.29) is 24.3 Å². The second-order valence-electron chi connectivity index (χ2n) is 5.18. The molecule has 5 nitrogen and oxygen atoms in total. The molecule has 0 spiro atoms. The molecule has 0 aliphatic heterocycles. The van der Waals surface area contributed by atoms with Gasteiger partial charge >= 0.3 is 5.97 Å². The molecule has 108 valence electrons. The Hall–Kier alpha value is -1.69. The topological polar surface area (TPSA) is 74.7 Å². The molecule has 1 N–H and O–H groups in total. The average Bonchev–Trinajstić information content (AvgIpc) is 3.10. The Morgan fingerprint density at radius 2 is 2.10 bits per heavy atom. The van der Waals surface area contributed by atoms with Gasteiger partial charge in [0.2, 0.25) is 0 Å². The van der Waals surface area contributed by atoms with Crippen LogP contribution in [0.5, 0.6) is 0 Å². The zero-order valence-corrected chi connectivity index (χ0v) is 12.3. The van der Waals surface area contributed by atoms with Crippen molar-refractivity contribution in [3.63, 3.8) is 0 Å². The second-order valence-corrected chi connectivity index (χ2v) is 6.10. The third-order valence-corrected chi connectivity index (χ3v) is 4.28. The minimum Gasteiger partial charge on any atom is -0.481 e. The van der Waals surface area contributed by atoms with Crippen molar-refractivity contribution in [1.82, 2.24) is 4.90 Å². The van der Waals surface area contributed by atoms with Crippen LogP contribution in [-0.2, 0) is 4.79 Å². The minimum absolute atomic E-state index is 0.0721. The van der Waals surface area contributed by atoms with E-state index < -0.39 is 11.9 Å². The van der Waals surface area contributed by atoms with E-state index >= 15 is 0 Å². The molecule has 1 aliphatic rings. The Morgan fingerprint density at radius 3 is 2.55 bits per heavy atom. The van der Waals surface area contributed by atoms with E-state index in [0.29, 0.717) is 10.4 Å². The number of rotatable bonds is 6. The van der Waals surface area contributed by atoms with Gasteiger partial charge in [0.25, 0.3) is 5.91 Å². The number of nitrogens with zero attached hydrogens (tertiary/aromatic N) is 1. The van der Waals surface area contributed by atoms with Gasteiger partial charge in [0, 0.05) is 23.5 Å². The summed E-state index contributed by atoms with van der Waals surface area (Å²) >= 11 is 1.24. The summed E-state index contributed by atoms with van der Waals surface area (Å²) in [6, 6.07) is 1.74. The SMILES string of the molecule is CC(=O)c1csc(C(=O)N(CC(C)C(=O)O)C2CC2)c1. The molecule has 1 unspecified atom stereocenters. The molecule has 1 aromatic heterocycles. The summed E-state index contributed by atoms with van der Waals surface area (Å²) in [5.41, 5.74) is 0.528. The number of thiophene rings is 1. The largest absolute Gasteiger partial charge is 0.481 e. The third kappa shape index (κ3) is 3.25. The van der Waals surface area contributed by atoms with Gasteiger partial charge in [0.05, 0.1) is 10.8 Å². The van der Waals surface area contributed by atoms with Crippen LogP contribution in [0.3, 0.4) is 0 Å². The van der Waals surface area contributed by atoms with Crippen molar-refractivity contribution < 1.29 is 19.5 Å². The van der Waals surface area contributed by atoms with Gasteiger partial charge in [-0.15, -0.1) is 11.3 Å². The highest BCUT2D eigenvalue weighted by Gasteiger charge is 2.35. The lowest BCUT2D eigenvalue weighted by Gasteiger charge is -2.23. The van der Waals surface area contributed by atoms with Crippen molar-refractivity contribution in [2.45, 2.75) is 32.7 Å². The number of carbonyl (C=O) groups is 3. The van der Waals surface area contributed by atoms with E-state index in [1.807, 2.05) is 0 Å². The third-order valence-electron chi connectivity index (χ3n) is 3.36. The van der Waals surface area contributed by atoms with Gasteiger partial charge in [-0.2, -0.15) is 0 Å². The normalized spacial score (nSPS) is 15.7. The minimum atomic E-state index is -0.904. The van der Waals surface area contributed by atoms with Gasteiger partial charge < -0.3 is 10.0 Å².